The maximum absolute atomic E-state index is 13.7. The number of carbonyl (C=O) groups excluding carboxylic acids is 1. The highest BCUT2D eigenvalue weighted by Gasteiger charge is 2.32. The van der Waals surface area contributed by atoms with Gasteiger partial charge in [-0.2, -0.15) is 13.2 Å². The quantitative estimate of drug-likeness (QED) is 0.471. The number of aromatic nitrogens is 3. The molecular formula is C21H18F4N4O. The van der Waals surface area contributed by atoms with Gasteiger partial charge in [0.2, 0.25) is 5.91 Å². The number of hydrogen-bond donors (Lipinski definition) is 0. The molecule has 1 fully saturated rings. The highest BCUT2D eigenvalue weighted by atomic mass is 19.4. The average molecular weight is 418 g/mol. The first kappa shape index (κ1) is 20.1. The molecule has 5 nitrogen and oxygen atoms in total. The Bertz CT molecular complexity index is 1110. The van der Waals surface area contributed by atoms with Crippen molar-refractivity contribution in [2.24, 2.45) is 0 Å². The van der Waals surface area contributed by atoms with E-state index in [0.29, 0.717) is 43.0 Å². The second kappa shape index (κ2) is 7.89. The lowest BCUT2D eigenvalue weighted by molar-refractivity contribution is -0.137. The summed E-state index contributed by atoms with van der Waals surface area (Å²) in [4.78, 5) is 14.2. The number of benzene rings is 1. The first-order chi connectivity index (χ1) is 14.3. The summed E-state index contributed by atoms with van der Waals surface area (Å²) in [5, 5.41) is 8.04. The van der Waals surface area contributed by atoms with Crippen LogP contribution >= 0.6 is 0 Å². The number of hydrogen-bond acceptors (Lipinski definition) is 3. The number of alkyl halides is 3. The minimum atomic E-state index is -4.47. The van der Waals surface area contributed by atoms with E-state index in [0.717, 1.165) is 12.3 Å². The molecule has 3 heterocycles. The molecule has 156 valence electrons. The largest absolute Gasteiger partial charge is 0.417 e. The maximum atomic E-state index is 13.7. The van der Waals surface area contributed by atoms with E-state index in [-0.39, 0.29) is 11.8 Å². The zero-order valence-corrected chi connectivity index (χ0v) is 15.8. The number of rotatable bonds is 3. The first-order valence-electron chi connectivity index (χ1n) is 9.46. The molecule has 1 amide bonds. The topological polar surface area (TPSA) is 50.5 Å². The molecule has 0 radical (unpaired) electrons. The summed E-state index contributed by atoms with van der Waals surface area (Å²) in [5.74, 6) is -0.559. The number of amides is 1. The fourth-order valence-corrected chi connectivity index (χ4v) is 3.62. The second-order valence-electron chi connectivity index (χ2n) is 7.18. The van der Waals surface area contributed by atoms with Crippen LogP contribution < -0.4 is 0 Å². The summed E-state index contributed by atoms with van der Waals surface area (Å²) in [6.07, 6.45) is 0.606. The summed E-state index contributed by atoms with van der Waals surface area (Å²) >= 11 is 0. The Hall–Kier alpha value is -3.23. The molecule has 4 rings (SSSR count). The maximum Gasteiger partial charge on any atom is 0.417 e. The van der Waals surface area contributed by atoms with Crippen molar-refractivity contribution < 1.29 is 22.4 Å². The van der Waals surface area contributed by atoms with E-state index in [1.165, 1.54) is 28.7 Å². The van der Waals surface area contributed by atoms with Crippen molar-refractivity contribution in [3.8, 4) is 0 Å². The standard InChI is InChI=1S/C21H18F4N4O/c22-17-6-2-1-4-14(17)7-10-19(30)28-11-3-5-15(12-28)20-27-26-18-9-8-16(13-29(18)20)21(23,24)25/h1-2,4,6-10,13,15H,3,5,11-12H2/b10-7+. The van der Waals surface area contributed by atoms with E-state index in [4.69, 9.17) is 0 Å². The van der Waals surface area contributed by atoms with Crippen molar-refractivity contribution in [2.45, 2.75) is 24.9 Å². The lowest BCUT2D eigenvalue weighted by Gasteiger charge is -2.31. The molecule has 0 bridgehead atoms. The molecule has 1 aromatic carbocycles. The van der Waals surface area contributed by atoms with Gasteiger partial charge in [-0.1, -0.05) is 18.2 Å². The zero-order chi connectivity index (χ0) is 21.3. The molecule has 30 heavy (non-hydrogen) atoms. The summed E-state index contributed by atoms with van der Waals surface area (Å²) < 4.78 is 54.3. The molecule has 1 aliphatic rings. The summed E-state index contributed by atoms with van der Waals surface area (Å²) in [6, 6.07) is 8.37. The van der Waals surface area contributed by atoms with E-state index in [1.54, 1.807) is 23.1 Å². The third-order valence-electron chi connectivity index (χ3n) is 5.16. The Morgan fingerprint density at radius 2 is 1.93 bits per heavy atom. The molecule has 0 aliphatic carbocycles. The summed E-state index contributed by atoms with van der Waals surface area (Å²) in [6.45, 7) is 0.818. The smallest absolute Gasteiger partial charge is 0.338 e. The number of piperidine rings is 1. The summed E-state index contributed by atoms with van der Waals surface area (Å²) in [5.41, 5.74) is -0.156. The normalized spacial score (nSPS) is 17.7. The zero-order valence-electron chi connectivity index (χ0n) is 15.8. The molecule has 1 aliphatic heterocycles. The lowest BCUT2D eigenvalue weighted by Crippen LogP contribution is -2.38. The Morgan fingerprint density at radius 1 is 1.13 bits per heavy atom. The van der Waals surface area contributed by atoms with E-state index >= 15 is 0 Å². The van der Waals surface area contributed by atoms with Crippen molar-refractivity contribution in [3.05, 3.63) is 71.4 Å². The van der Waals surface area contributed by atoms with E-state index < -0.39 is 17.6 Å². The minimum absolute atomic E-state index is 0.247. The van der Waals surface area contributed by atoms with Crippen LogP contribution in [0.25, 0.3) is 11.7 Å². The van der Waals surface area contributed by atoms with Gasteiger partial charge in [0.1, 0.15) is 11.6 Å². The van der Waals surface area contributed by atoms with Gasteiger partial charge < -0.3 is 4.90 Å². The lowest BCUT2D eigenvalue weighted by atomic mass is 9.97. The van der Waals surface area contributed by atoms with Crippen LogP contribution in [-0.2, 0) is 11.0 Å². The molecular weight excluding hydrogens is 400 g/mol. The van der Waals surface area contributed by atoms with Gasteiger partial charge in [-0.15, -0.1) is 10.2 Å². The van der Waals surface area contributed by atoms with E-state index in [2.05, 4.69) is 10.2 Å². The van der Waals surface area contributed by atoms with E-state index in [1.807, 2.05) is 0 Å². The van der Waals surface area contributed by atoms with Crippen molar-refractivity contribution in [3.63, 3.8) is 0 Å². The third-order valence-corrected chi connectivity index (χ3v) is 5.16. The molecule has 2 aromatic heterocycles. The highest BCUT2D eigenvalue weighted by molar-refractivity contribution is 5.91. The van der Waals surface area contributed by atoms with Crippen LogP contribution in [-0.4, -0.2) is 38.5 Å². The molecule has 1 unspecified atom stereocenters. The fraction of sp³-hybridized carbons (Fsp3) is 0.286. The summed E-state index contributed by atoms with van der Waals surface area (Å²) in [7, 11) is 0. The molecule has 1 saturated heterocycles. The third kappa shape index (κ3) is 4.05. The number of carbonyl (C=O) groups is 1. The highest BCUT2D eigenvalue weighted by Crippen LogP contribution is 2.31. The predicted octanol–water partition coefficient (Wildman–Crippen LogP) is 4.31. The Kier molecular flexibility index (Phi) is 5.27. The Balaban J connectivity index is 1.54. The van der Waals surface area contributed by atoms with Crippen LogP contribution in [0, 0.1) is 5.82 Å². The number of halogens is 4. The number of pyridine rings is 1. The molecule has 0 saturated carbocycles. The van der Waals surface area contributed by atoms with Gasteiger partial charge in [0.15, 0.2) is 5.65 Å². The number of likely N-dealkylation sites (tertiary alicyclic amines) is 1. The predicted molar refractivity (Wildman–Crippen MR) is 102 cm³/mol. The van der Waals surface area contributed by atoms with Gasteiger partial charge in [0.05, 0.1) is 5.56 Å². The van der Waals surface area contributed by atoms with Crippen LogP contribution in [0.15, 0.2) is 48.7 Å². The van der Waals surface area contributed by atoms with E-state index in [9.17, 15) is 22.4 Å². The van der Waals surface area contributed by atoms with Gasteiger partial charge in [-0.3, -0.25) is 9.20 Å². The average Bonchev–Trinajstić information content (AvgIpc) is 3.16. The van der Waals surface area contributed by atoms with Crippen molar-refractivity contribution in [1.29, 1.82) is 0 Å². The van der Waals surface area contributed by atoms with Crippen molar-refractivity contribution in [2.75, 3.05) is 13.1 Å². The minimum Gasteiger partial charge on any atom is -0.338 e. The van der Waals surface area contributed by atoms with Crippen molar-refractivity contribution >= 4 is 17.6 Å². The van der Waals surface area contributed by atoms with Crippen LogP contribution in [0.4, 0.5) is 17.6 Å². The Morgan fingerprint density at radius 3 is 2.70 bits per heavy atom. The van der Waals surface area contributed by atoms with Crippen LogP contribution in [0.1, 0.15) is 35.7 Å². The monoisotopic (exact) mass is 418 g/mol. The SMILES string of the molecule is O=C(/C=C/c1ccccc1F)N1CCCC(c2nnc3ccc(C(F)(F)F)cn23)C1. The van der Waals surface area contributed by atoms with Gasteiger partial charge in [0, 0.05) is 36.8 Å². The first-order valence-corrected chi connectivity index (χ1v) is 9.46. The van der Waals surface area contributed by atoms with Crippen LogP contribution in [0.2, 0.25) is 0 Å². The van der Waals surface area contributed by atoms with Crippen LogP contribution in [0.5, 0.6) is 0 Å². The van der Waals surface area contributed by atoms with Gasteiger partial charge in [0.25, 0.3) is 0 Å². The number of nitrogens with zero attached hydrogens (tertiary/aromatic N) is 4. The fourth-order valence-electron chi connectivity index (χ4n) is 3.62. The second-order valence-corrected chi connectivity index (χ2v) is 7.18. The molecule has 0 N–H and O–H groups in total. The van der Waals surface area contributed by atoms with Gasteiger partial charge in [-0.05, 0) is 37.1 Å². The Labute approximate surface area is 169 Å². The van der Waals surface area contributed by atoms with Crippen molar-refractivity contribution in [1.82, 2.24) is 19.5 Å². The van der Waals surface area contributed by atoms with Crippen LogP contribution in [0.3, 0.4) is 0 Å². The molecule has 3 aromatic rings. The van der Waals surface area contributed by atoms with Gasteiger partial charge in [-0.25, -0.2) is 4.39 Å². The molecule has 0 spiro atoms. The molecule has 1 atom stereocenters. The van der Waals surface area contributed by atoms with Gasteiger partial charge >= 0.3 is 6.18 Å². The molecule has 9 heteroatoms. The number of fused-ring (bicyclic) bond motifs is 1.